The molecule has 1 aliphatic heterocycles. The van der Waals surface area contributed by atoms with Crippen LogP contribution in [-0.2, 0) is 4.79 Å². The molecule has 0 aliphatic carbocycles. The molecule has 6 heteroatoms. The summed E-state index contributed by atoms with van der Waals surface area (Å²) in [6.45, 7) is 0.918. The lowest BCUT2D eigenvalue weighted by molar-refractivity contribution is -0.118. The van der Waals surface area contributed by atoms with Crippen molar-refractivity contribution in [2.45, 2.75) is 25.3 Å². The zero-order valence-corrected chi connectivity index (χ0v) is 12.5. The minimum atomic E-state index is -0.0798. The van der Waals surface area contributed by atoms with Crippen LogP contribution in [0.2, 0.25) is 0 Å². The van der Waals surface area contributed by atoms with E-state index in [0.717, 1.165) is 37.2 Å². The van der Waals surface area contributed by atoms with Crippen LogP contribution in [0.3, 0.4) is 0 Å². The van der Waals surface area contributed by atoms with E-state index in [4.69, 9.17) is 0 Å². The molecular formula is C15H19ClN4O. The van der Waals surface area contributed by atoms with Crippen molar-refractivity contribution < 1.29 is 4.79 Å². The number of amides is 1. The minimum absolute atomic E-state index is 0. The van der Waals surface area contributed by atoms with Crippen LogP contribution in [0, 0.1) is 0 Å². The fraction of sp³-hybridized carbons (Fsp3) is 0.333. The molecule has 1 atom stereocenters. The number of carbonyl (C=O) groups is 1. The van der Waals surface area contributed by atoms with Crippen LogP contribution in [0.15, 0.2) is 42.7 Å². The molecule has 1 amide bonds. The van der Waals surface area contributed by atoms with Gasteiger partial charge in [0.15, 0.2) is 0 Å². The highest BCUT2D eigenvalue weighted by Gasteiger charge is 2.20. The van der Waals surface area contributed by atoms with E-state index in [1.165, 1.54) is 0 Å². The number of carbonyl (C=O) groups excluding carboxylic acids is 1. The first kappa shape index (κ1) is 15.5. The highest BCUT2D eigenvalue weighted by molar-refractivity contribution is 5.94. The monoisotopic (exact) mass is 306 g/mol. The van der Waals surface area contributed by atoms with Crippen LogP contribution in [-0.4, -0.2) is 28.3 Å². The molecule has 1 fully saturated rings. The van der Waals surface area contributed by atoms with Crippen LogP contribution in [0.5, 0.6) is 0 Å². The molecule has 3 rings (SSSR count). The van der Waals surface area contributed by atoms with Crippen molar-refractivity contribution in [3.05, 3.63) is 42.7 Å². The Labute approximate surface area is 130 Å². The molecule has 21 heavy (non-hydrogen) atoms. The van der Waals surface area contributed by atoms with Crippen molar-refractivity contribution in [1.29, 1.82) is 0 Å². The van der Waals surface area contributed by atoms with Gasteiger partial charge in [-0.25, -0.2) is 4.68 Å². The molecule has 1 saturated heterocycles. The molecular weight excluding hydrogens is 288 g/mol. The molecule has 1 aliphatic rings. The Bertz CT molecular complexity index is 578. The molecule has 2 N–H and O–H groups in total. The zero-order valence-electron chi connectivity index (χ0n) is 11.7. The highest BCUT2D eigenvalue weighted by Crippen LogP contribution is 2.13. The Morgan fingerprint density at radius 2 is 2.10 bits per heavy atom. The van der Waals surface area contributed by atoms with Gasteiger partial charge in [0.25, 0.3) is 0 Å². The van der Waals surface area contributed by atoms with E-state index in [0.29, 0.717) is 0 Å². The van der Waals surface area contributed by atoms with Gasteiger partial charge >= 0.3 is 0 Å². The van der Waals surface area contributed by atoms with Crippen molar-refractivity contribution in [3.8, 4) is 5.69 Å². The van der Waals surface area contributed by atoms with Gasteiger partial charge < -0.3 is 10.6 Å². The zero-order chi connectivity index (χ0) is 13.8. The van der Waals surface area contributed by atoms with Gasteiger partial charge in [-0.15, -0.1) is 12.4 Å². The first-order valence-electron chi connectivity index (χ1n) is 6.97. The molecule has 1 unspecified atom stereocenters. The third-order valence-corrected chi connectivity index (χ3v) is 3.50. The number of nitrogens with one attached hydrogen (secondary N) is 2. The van der Waals surface area contributed by atoms with Crippen molar-refractivity contribution in [3.63, 3.8) is 0 Å². The Morgan fingerprint density at radius 1 is 1.29 bits per heavy atom. The molecule has 0 saturated carbocycles. The topological polar surface area (TPSA) is 59.0 Å². The van der Waals surface area contributed by atoms with Crippen molar-refractivity contribution in [1.82, 2.24) is 15.1 Å². The molecule has 0 bridgehead atoms. The number of para-hydroxylation sites is 1. The van der Waals surface area contributed by atoms with Crippen molar-refractivity contribution >= 4 is 24.0 Å². The maximum absolute atomic E-state index is 12.1. The van der Waals surface area contributed by atoms with Crippen molar-refractivity contribution in [2.75, 3.05) is 11.9 Å². The lowest BCUT2D eigenvalue weighted by Crippen LogP contribution is -2.43. The summed E-state index contributed by atoms with van der Waals surface area (Å²) in [5.74, 6) is 0.0253. The summed E-state index contributed by atoms with van der Waals surface area (Å²) in [6.07, 6.45) is 6.66. The number of nitrogens with zero attached hydrogens (tertiary/aromatic N) is 2. The second-order valence-electron chi connectivity index (χ2n) is 5.00. The van der Waals surface area contributed by atoms with Crippen LogP contribution in [0.25, 0.3) is 5.69 Å². The minimum Gasteiger partial charge on any atom is -0.322 e. The van der Waals surface area contributed by atoms with Crippen LogP contribution < -0.4 is 10.6 Å². The van der Waals surface area contributed by atoms with E-state index < -0.39 is 0 Å². The highest BCUT2D eigenvalue weighted by atomic mass is 35.5. The number of halogens is 1. The van der Waals surface area contributed by atoms with Crippen LogP contribution in [0.1, 0.15) is 19.3 Å². The molecule has 2 aromatic rings. The maximum atomic E-state index is 12.1. The Hall–Kier alpha value is -1.85. The number of hydrogen-bond donors (Lipinski definition) is 2. The number of hydrogen-bond acceptors (Lipinski definition) is 3. The lowest BCUT2D eigenvalue weighted by atomic mass is 10.0. The summed E-state index contributed by atoms with van der Waals surface area (Å²) in [6, 6.07) is 9.75. The van der Waals surface area contributed by atoms with Gasteiger partial charge in [-0.05, 0) is 31.5 Å². The number of rotatable bonds is 3. The van der Waals surface area contributed by atoms with Crippen molar-refractivity contribution in [2.24, 2.45) is 0 Å². The maximum Gasteiger partial charge on any atom is 0.241 e. The number of benzene rings is 1. The third-order valence-electron chi connectivity index (χ3n) is 3.50. The van der Waals surface area contributed by atoms with E-state index in [2.05, 4.69) is 15.7 Å². The first-order chi connectivity index (χ1) is 9.83. The molecule has 112 valence electrons. The second kappa shape index (κ2) is 7.24. The van der Waals surface area contributed by atoms with E-state index >= 15 is 0 Å². The van der Waals surface area contributed by atoms with E-state index in [-0.39, 0.29) is 24.4 Å². The van der Waals surface area contributed by atoms with Gasteiger partial charge in [0.2, 0.25) is 5.91 Å². The largest absolute Gasteiger partial charge is 0.322 e. The summed E-state index contributed by atoms with van der Waals surface area (Å²) < 4.78 is 1.75. The van der Waals surface area contributed by atoms with E-state index in [1.54, 1.807) is 10.9 Å². The van der Waals surface area contributed by atoms with Gasteiger partial charge in [-0.2, -0.15) is 5.10 Å². The SMILES string of the molecule is Cl.O=C(Nc1cnn(-c2ccccc2)c1)C1CCCCN1. The van der Waals surface area contributed by atoms with Crippen LogP contribution in [0.4, 0.5) is 5.69 Å². The van der Waals surface area contributed by atoms with E-state index in [9.17, 15) is 4.79 Å². The molecule has 2 heterocycles. The predicted octanol–water partition coefficient (Wildman–Crippen LogP) is 2.37. The lowest BCUT2D eigenvalue weighted by Gasteiger charge is -2.22. The normalized spacial score (nSPS) is 17.8. The molecule has 0 radical (unpaired) electrons. The molecule has 1 aromatic carbocycles. The summed E-state index contributed by atoms with van der Waals surface area (Å²) >= 11 is 0. The van der Waals surface area contributed by atoms with E-state index in [1.807, 2.05) is 36.5 Å². The smallest absolute Gasteiger partial charge is 0.241 e. The van der Waals surface area contributed by atoms with Gasteiger partial charge in [0.1, 0.15) is 0 Å². The summed E-state index contributed by atoms with van der Waals surface area (Å²) in [5.41, 5.74) is 1.70. The summed E-state index contributed by atoms with van der Waals surface area (Å²) in [7, 11) is 0. The molecule has 1 aromatic heterocycles. The van der Waals surface area contributed by atoms with Gasteiger partial charge in [0, 0.05) is 0 Å². The van der Waals surface area contributed by atoms with Gasteiger partial charge in [0.05, 0.1) is 29.8 Å². The fourth-order valence-electron chi connectivity index (χ4n) is 2.41. The quantitative estimate of drug-likeness (QED) is 0.915. The standard InChI is InChI=1S/C15H18N4O.ClH/c20-15(14-8-4-5-9-16-14)18-12-10-17-19(11-12)13-6-2-1-3-7-13;/h1-3,6-7,10-11,14,16H,4-5,8-9H2,(H,18,20);1H. The summed E-state index contributed by atoms with van der Waals surface area (Å²) in [5, 5.41) is 10.4. The number of piperidine rings is 1. The Morgan fingerprint density at radius 3 is 2.81 bits per heavy atom. The van der Waals surface area contributed by atoms with Crippen LogP contribution >= 0.6 is 12.4 Å². The predicted molar refractivity (Wildman–Crippen MR) is 85.1 cm³/mol. The Balaban J connectivity index is 0.00000161. The van der Waals surface area contributed by atoms with Gasteiger partial charge in [-0.3, -0.25) is 4.79 Å². The molecule has 5 nitrogen and oxygen atoms in total. The average Bonchev–Trinajstić information content (AvgIpc) is 2.97. The average molecular weight is 307 g/mol. The fourth-order valence-corrected chi connectivity index (χ4v) is 2.41. The first-order valence-corrected chi connectivity index (χ1v) is 6.97. The number of aromatic nitrogens is 2. The molecule has 0 spiro atoms. The second-order valence-corrected chi connectivity index (χ2v) is 5.00. The number of anilines is 1. The Kier molecular flexibility index (Phi) is 5.36. The summed E-state index contributed by atoms with van der Waals surface area (Å²) in [4.78, 5) is 12.1. The van der Waals surface area contributed by atoms with Gasteiger partial charge in [-0.1, -0.05) is 24.6 Å². The third kappa shape index (κ3) is 3.83.